The van der Waals surface area contributed by atoms with Crippen molar-refractivity contribution < 1.29 is 9.18 Å². The fraction of sp³-hybridized carbons (Fsp3) is 0. The van der Waals surface area contributed by atoms with Crippen LogP contribution < -0.4 is 11.3 Å². The zero-order valence-corrected chi connectivity index (χ0v) is 7.04. The van der Waals surface area contributed by atoms with Crippen molar-refractivity contribution in [2.45, 2.75) is 0 Å². The van der Waals surface area contributed by atoms with Crippen LogP contribution in [0.2, 0.25) is 0 Å². The molecule has 0 fully saturated rings. The van der Waals surface area contributed by atoms with Gasteiger partial charge in [0.05, 0.1) is 11.8 Å². The maximum Gasteiger partial charge on any atom is 0.265 e. The van der Waals surface area contributed by atoms with Crippen LogP contribution in [0.1, 0.15) is 10.4 Å². The number of halogens is 1. The smallest absolute Gasteiger partial charge is 0.265 e. The van der Waals surface area contributed by atoms with Crippen LogP contribution in [0.25, 0.3) is 11.0 Å². The minimum atomic E-state index is -0.553. The number of imidazole rings is 1. The minimum absolute atomic E-state index is 0.154. The van der Waals surface area contributed by atoms with Gasteiger partial charge in [0.1, 0.15) is 5.52 Å². The zero-order valence-electron chi connectivity index (χ0n) is 7.04. The molecule has 0 unspecified atom stereocenters. The summed E-state index contributed by atoms with van der Waals surface area (Å²) >= 11 is 0. The van der Waals surface area contributed by atoms with Crippen molar-refractivity contribution in [2.75, 3.05) is 0 Å². The third-order valence-corrected chi connectivity index (χ3v) is 1.87. The Hall–Kier alpha value is -1.95. The number of rotatable bonds is 1. The van der Waals surface area contributed by atoms with E-state index in [9.17, 15) is 9.18 Å². The lowest BCUT2D eigenvalue weighted by atomic mass is 10.2. The van der Waals surface area contributed by atoms with Gasteiger partial charge in [-0.15, -0.1) is 0 Å². The summed E-state index contributed by atoms with van der Waals surface area (Å²) in [6, 6.07) is 2.57. The molecule has 1 aromatic carbocycles. The number of hydrogen-bond acceptors (Lipinski definition) is 3. The second kappa shape index (κ2) is 3.08. The lowest BCUT2D eigenvalue weighted by Gasteiger charge is -1.99. The molecule has 2 aromatic rings. The number of benzene rings is 1. The molecule has 4 N–H and O–H groups in total. The van der Waals surface area contributed by atoms with Crippen molar-refractivity contribution in [3.63, 3.8) is 0 Å². The Morgan fingerprint density at radius 2 is 2.36 bits per heavy atom. The molecule has 0 aliphatic heterocycles. The van der Waals surface area contributed by atoms with E-state index in [-0.39, 0.29) is 11.1 Å². The predicted molar refractivity (Wildman–Crippen MR) is 47.7 cm³/mol. The number of nitrogens with two attached hydrogens (primary N) is 1. The van der Waals surface area contributed by atoms with Crippen LogP contribution in [0.3, 0.4) is 0 Å². The summed E-state index contributed by atoms with van der Waals surface area (Å²) in [7, 11) is 0. The van der Waals surface area contributed by atoms with Crippen LogP contribution >= 0.6 is 0 Å². The van der Waals surface area contributed by atoms with Crippen LogP contribution in [0.5, 0.6) is 0 Å². The van der Waals surface area contributed by atoms with Crippen LogP contribution in [-0.2, 0) is 0 Å². The van der Waals surface area contributed by atoms with Crippen molar-refractivity contribution in [1.29, 1.82) is 0 Å². The van der Waals surface area contributed by atoms with Crippen LogP contribution in [0, 0.1) is 5.82 Å². The summed E-state index contributed by atoms with van der Waals surface area (Å²) in [6.07, 6.45) is 1.36. The molecule has 5 nitrogen and oxygen atoms in total. The zero-order chi connectivity index (χ0) is 10.1. The van der Waals surface area contributed by atoms with Crippen molar-refractivity contribution in [3.8, 4) is 0 Å². The first-order chi connectivity index (χ1) is 6.72. The Bertz CT molecular complexity index is 493. The van der Waals surface area contributed by atoms with E-state index in [0.717, 1.165) is 6.07 Å². The molecule has 2 rings (SSSR count). The second-order valence-corrected chi connectivity index (χ2v) is 2.73. The number of aromatic nitrogens is 2. The van der Waals surface area contributed by atoms with Crippen LogP contribution in [-0.4, -0.2) is 15.9 Å². The maximum atomic E-state index is 13.3. The number of fused-ring (bicyclic) bond motifs is 1. The molecule has 0 saturated carbocycles. The van der Waals surface area contributed by atoms with Crippen molar-refractivity contribution >= 4 is 16.9 Å². The standard InChI is InChI=1S/C8H7FN4O/c9-5-1-4(8(14)13-10)2-6-7(5)12-3-11-6/h1-3H,10H2,(H,11,12)(H,13,14). The third-order valence-electron chi connectivity index (χ3n) is 1.87. The monoisotopic (exact) mass is 194 g/mol. The average Bonchev–Trinajstić information content (AvgIpc) is 2.64. The highest BCUT2D eigenvalue weighted by Gasteiger charge is 2.10. The molecule has 1 amide bonds. The van der Waals surface area contributed by atoms with Gasteiger partial charge in [-0.05, 0) is 12.1 Å². The van der Waals surface area contributed by atoms with E-state index in [1.54, 1.807) is 0 Å². The number of nitrogens with zero attached hydrogens (tertiary/aromatic N) is 1. The molecule has 0 atom stereocenters. The lowest BCUT2D eigenvalue weighted by molar-refractivity contribution is 0.0953. The third kappa shape index (κ3) is 1.21. The van der Waals surface area contributed by atoms with Gasteiger partial charge in [0, 0.05) is 5.56 Å². The number of amides is 1. The number of hydrazine groups is 1. The molecule has 6 heteroatoms. The molecule has 72 valence electrons. The molecule has 0 spiro atoms. The van der Waals surface area contributed by atoms with Gasteiger partial charge < -0.3 is 4.98 Å². The van der Waals surface area contributed by atoms with Crippen molar-refractivity contribution in [3.05, 3.63) is 29.8 Å². The van der Waals surface area contributed by atoms with E-state index in [2.05, 4.69) is 9.97 Å². The highest BCUT2D eigenvalue weighted by molar-refractivity contribution is 5.97. The van der Waals surface area contributed by atoms with Crippen molar-refractivity contribution in [1.82, 2.24) is 15.4 Å². The van der Waals surface area contributed by atoms with Crippen LogP contribution in [0.15, 0.2) is 18.5 Å². The fourth-order valence-electron chi connectivity index (χ4n) is 1.22. The van der Waals surface area contributed by atoms with E-state index >= 15 is 0 Å². The summed E-state index contributed by atoms with van der Waals surface area (Å²) in [5.74, 6) is 3.83. The minimum Gasteiger partial charge on any atom is -0.344 e. The first kappa shape index (κ1) is 8.64. The molecule has 0 bridgehead atoms. The first-order valence-electron chi connectivity index (χ1n) is 3.86. The fourth-order valence-corrected chi connectivity index (χ4v) is 1.22. The SMILES string of the molecule is NNC(=O)c1cc(F)c2nc[nH]c2c1. The van der Waals surface area contributed by atoms with Crippen molar-refractivity contribution in [2.24, 2.45) is 5.84 Å². The Labute approximate surface area is 78.1 Å². The first-order valence-corrected chi connectivity index (χ1v) is 3.86. The lowest BCUT2D eigenvalue weighted by Crippen LogP contribution is -2.30. The maximum absolute atomic E-state index is 13.3. The average molecular weight is 194 g/mol. The number of nitrogens with one attached hydrogen (secondary N) is 2. The van der Waals surface area contributed by atoms with E-state index in [0.29, 0.717) is 5.52 Å². The largest absolute Gasteiger partial charge is 0.344 e. The summed E-state index contributed by atoms with van der Waals surface area (Å²) in [4.78, 5) is 17.6. The van der Waals surface area contributed by atoms with E-state index in [1.165, 1.54) is 12.4 Å². The van der Waals surface area contributed by atoms with Gasteiger partial charge >= 0.3 is 0 Å². The number of nitrogen functional groups attached to an aromatic ring is 1. The molecular weight excluding hydrogens is 187 g/mol. The van der Waals surface area contributed by atoms with E-state index in [4.69, 9.17) is 5.84 Å². The highest BCUT2D eigenvalue weighted by Crippen LogP contribution is 2.15. The Kier molecular flexibility index (Phi) is 1.90. The molecular formula is C8H7FN4O. The number of carbonyl (C=O) groups excluding carboxylic acids is 1. The van der Waals surface area contributed by atoms with E-state index in [1.807, 2.05) is 5.43 Å². The summed E-state index contributed by atoms with van der Waals surface area (Å²) in [6.45, 7) is 0. The van der Waals surface area contributed by atoms with Gasteiger partial charge in [-0.2, -0.15) is 0 Å². The number of H-pyrrole nitrogens is 1. The summed E-state index contributed by atoms with van der Waals surface area (Å²) in [5, 5.41) is 0. The Balaban J connectivity index is 2.64. The molecule has 1 heterocycles. The van der Waals surface area contributed by atoms with E-state index < -0.39 is 11.7 Å². The molecule has 0 aliphatic rings. The number of carbonyl (C=O) groups is 1. The van der Waals surface area contributed by atoms with Gasteiger partial charge in [0.25, 0.3) is 5.91 Å². The second-order valence-electron chi connectivity index (χ2n) is 2.73. The molecule has 0 radical (unpaired) electrons. The van der Waals surface area contributed by atoms with Crippen LogP contribution in [0.4, 0.5) is 4.39 Å². The number of hydrogen-bond donors (Lipinski definition) is 3. The Morgan fingerprint density at radius 3 is 3.07 bits per heavy atom. The normalized spacial score (nSPS) is 10.4. The number of aromatic amines is 1. The predicted octanol–water partition coefficient (Wildman–Crippen LogP) is 0.305. The summed E-state index contributed by atoms with van der Waals surface area (Å²) < 4.78 is 13.3. The molecule has 0 saturated heterocycles. The van der Waals surface area contributed by atoms with Gasteiger partial charge in [0.15, 0.2) is 5.82 Å². The molecule has 0 aliphatic carbocycles. The van der Waals surface area contributed by atoms with Gasteiger partial charge in [-0.3, -0.25) is 10.2 Å². The quantitative estimate of drug-likeness (QED) is 0.347. The van der Waals surface area contributed by atoms with Gasteiger partial charge in [-0.25, -0.2) is 15.2 Å². The molecule has 1 aromatic heterocycles. The topological polar surface area (TPSA) is 83.8 Å². The summed E-state index contributed by atoms with van der Waals surface area (Å²) in [5.41, 5.74) is 2.75. The molecule has 14 heavy (non-hydrogen) atoms. The Morgan fingerprint density at radius 1 is 1.57 bits per heavy atom. The highest BCUT2D eigenvalue weighted by atomic mass is 19.1. The van der Waals surface area contributed by atoms with Gasteiger partial charge in [0.2, 0.25) is 0 Å². The van der Waals surface area contributed by atoms with Gasteiger partial charge in [-0.1, -0.05) is 0 Å².